The number of hydrogen-bond acceptors (Lipinski definition) is 4. The minimum absolute atomic E-state index is 0.0508. The third-order valence-electron chi connectivity index (χ3n) is 5.03. The lowest BCUT2D eigenvalue weighted by atomic mass is 10.1. The molecule has 4 rings (SSSR count). The number of unbranched alkanes of at least 4 members (excludes halogenated alkanes) is 1. The first kappa shape index (κ1) is 20.6. The molecule has 0 spiro atoms. The van der Waals surface area contributed by atoms with E-state index in [2.05, 4.69) is 27.9 Å². The first-order chi connectivity index (χ1) is 15.2. The van der Waals surface area contributed by atoms with Crippen molar-refractivity contribution < 1.29 is 4.79 Å². The highest BCUT2D eigenvalue weighted by Crippen LogP contribution is 2.26. The van der Waals surface area contributed by atoms with Gasteiger partial charge in [0.2, 0.25) is 0 Å². The highest BCUT2D eigenvalue weighted by Gasteiger charge is 2.14. The Kier molecular flexibility index (Phi) is 6.25. The second kappa shape index (κ2) is 9.41. The number of nitrogens with one attached hydrogen (secondary N) is 1. The van der Waals surface area contributed by atoms with Gasteiger partial charge in [-0.15, -0.1) is 11.3 Å². The largest absolute Gasteiger partial charge is 0.347 e. The maximum Gasteiger partial charge on any atom is 0.268 e. The van der Waals surface area contributed by atoms with Gasteiger partial charge in [0.15, 0.2) is 5.13 Å². The van der Waals surface area contributed by atoms with Crippen molar-refractivity contribution in [3.8, 4) is 17.3 Å². The van der Waals surface area contributed by atoms with E-state index in [0.717, 1.165) is 47.1 Å². The summed E-state index contributed by atoms with van der Waals surface area (Å²) in [6, 6.07) is 19.9. The summed E-state index contributed by atoms with van der Waals surface area (Å²) in [7, 11) is 0. The van der Waals surface area contributed by atoms with E-state index in [1.807, 2.05) is 66.2 Å². The number of nitrogens with zero attached hydrogens (tertiary/aromatic N) is 3. The zero-order valence-corrected chi connectivity index (χ0v) is 18.0. The summed E-state index contributed by atoms with van der Waals surface area (Å²) >= 11 is 1.34. The SMILES string of the molecule is CCCCn1cc(/C=C(\C#N)C(=O)Nc2nc(-c3ccccc3)cs2)c2ccccc21. The highest BCUT2D eigenvalue weighted by atomic mass is 32.1. The fourth-order valence-electron chi connectivity index (χ4n) is 3.44. The van der Waals surface area contributed by atoms with Gasteiger partial charge < -0.3 is 4.57 Å². The maximum absolute atomic E-state index is 12.8. The molecule has 31 heavy (non-hydrogen) atoms. The lowest BCUT2D eigenvalue weighted by Gasteiger charge is -2.02. The van der Waals surface area contributed by atoms with E-state index >= 15 is 0 Å². The monoisotopic (exact) mass is 426 g/mol. The second-order valence-corrected chi connectivity index (χ2v) is 8.03. The number of benzene rings is 2. The van der Waals surface area contributed by atoms with Crippen molar-refractivity contribution in [1.82, 2.24) is 9.55 Å². The van der Waals surface area contributed by atoms with Crippen LogP contribution in [0.4, 0.5) is 5.13 Å². The average molecular weight is 427 g/mol. The number of anilines is 1. The summed E-state index contributed by atoms with van der Waals surface area (Å²) in [6.07, 6.45) is 5.84. The predicted octanol–water partition coefficient (Wildman–Crippen LogP) is 6.11. The van der Waals surface area contributed by atoms with Gasteiger partial charge in [-0.05, 0) is 18.6 Å². The van der Waals surface area contributed by atoms with Gasteiger partial charge in [-0.1, -0.05) is 61.9 Å². The van der Waals surface area contributed by atoms with Crippen LogP contribution in [0.1, 0.15) is 25.3 Å². The van der Waals surface area contributed by atoms with Gasteiger partial charge in [0.1, 0.15) is 11.6 Å². The Morgan fingerprint density at radius 3 is 2.74 bits per heavy atom. The van der Waals surface area contributed by atoms with E-state index in [9.17, 15) is 10.1 Å². The summed E-state index contributed by atoms with van der Waals surface area (Å²) in [6.45, 7) is 3.06. The predicted molar refractivity (Wildman–Crippen MR) is 127 cm³/mol. The van der Waals surface area contributed by atoms with E-state index < -0.39 is 5.91 Å². The molecule has 0 unspecified atom stereocenters. The molecule has 0 aliphatic carbocycles. The van der Waals surface area contributed by atoms with Crippen molar-refractivity contribution in [2.24, 2.45) is 0 Å². The number of amides is 1. The van der Waals surface area contributed by atoms with Gasteiger partial charge in [0.25, 0.3) is 5.91 Å². The summed E-state index contributed by atoms with van der Waals surface area (Å²) in [4.78, 5) is 17.2. The molecule has 0 saturated heterocycles. The zero-order valence-electron chi connectivity index (χ0n) is 17.2. The Balaban J connectivity index is 1.59. The second-order valence-electron chi connectivity index (χ2n) is 7.18. The number of aromatic nitrogens is 2. The van der Waals surface area contributed by atoms with Crippen molar-refractivity contribution in [3.05, 3.63) is 77.3 Å². The van der Waals surface area contributed by atoms with Crippen molar-refractivity contribution in [3.63, 3.8) is 0 Å². The number of aryl methyl sites for hydroxylation is 1. The minimum atomic E-state index is -0.457. The molecule has 0 atom stereocenters. The third kappa shape index (κ3) is 4.57. The number of rotatable bonds is 7. The number of carbonyl (C=O) groups excluding carboxylic acids is 1. The van der Waals surface area contributed by atoms with Crippen molar-refractivity contribution in [2.45, 2.75) is 26.3 Å². The quantitative estimate of drug-likeness (QED) is 0.286. The van der Waals surface area contributed by atoms with Crippen molar-refractivity contribution >= 4 is 39.4 Å². The standard InChI is InChI=1S/C25H22N4OS/c1-2-3-13-29-16-20(21-11-7-8-12-23(21)29)14-19(15-26)24(30)28-25-27-22(17-31-25)18-9-5-4-6-10-18/h4-12,14,16-17H,2-3,13H2,1H3,(H,27,28,30)/b19-14+. The minimum Gasteiger partial charge on any atom is -0.347 e. The van der Waals surface area contributed by atoms with Crippen LogP contribution in [-0.2, 0) is 11.3 Å². The van der Waals surface area contributed by atoms with Crippen LogP contribution in [0.2, 0.25) is 0 Å². The number of para-hydroxylation sites is 1. The van der Waals surface area contributed by atoms with Crippen LogP contribution in [0, 0.1) is 11.3 Å². The van der Waals surface area contributed by atoms with E-state index in [1.54, 1.807) is 6.08 Å². The van der Waals surface area contributed by atoms with E-state index in [1.165, 1.54) is 11.3 Å². The fraction of sp³-hybridized carbons (Fsp3) is 0.160. The van der Waals surface area contributed by atoms with Crippen LogP contribution >= 0.6 is 11.3 Å². The van der Waals surface area contributed by atoms with Crippen molar-refractivity contribution in [2.75, 3.05) is 5.32 Å². The number of nitriles is 1. The number of fused-ring (bicyclic) bond motifs is 1. The Morgan fingerprint density at radius 1 is 1.19 bits per heavy atom. The van der Waals surface area contributed by atoms with Gasteiger partial charge in [-0.2, -0.15) is 5.26 Å². The fourth-order valence-corrected chi connectivity index (χ4v) is 4.16. The molecule has 0 bridgehead atoms. The van der Waals surface area contributed by atoms with Gasteiger partial charge >= 0.3 is 0 Å². The summed E-state index contributed by atoms with van der Waals surface area (Å²) in [5, 5.41) is 15.8. The van der Waals surface area contributed by atoms with Gasteiger partial charge in [-0.3, -0.25) is 10.1 Å². The lowest BCUT2D eigenvalue weighted by Crippen LogP contribution is -2.13. The molecule has 2 heterocycles. The molecule has 5 nitrogen and oxygen atoms in total. The topological polar surface area (TPSA) is 70.7 Å². The molecule has 0 fully saturated rings. The Hall–Kier alpha value is -3.69. The smallest absolute Gasteiger partial charge is 0.268 e. The highest BCUT2D eigenvalue weighted by molar-refractivity contribution is 7.14. The Bertz CT molecular complexity index is 1280. The first-order valence-electron chi connectivity index (χ1n) is 10.2. The van der Waals surface area contributed by atoms with Crippen LogP contribution in [0.3, 0.4) is 0 Å². The molecule has 4 aromatic rings. The molecule has 0 radical (unpaired) electrons. The van der Waals surface area contributed by atoms with Crippen LogP contribution in [-0.4, -0.2) is 15.5 Å². The Morgan fingerprint density at radius 2 is 1.97 bits per heavy atom. The molecule has 2 aromatic heterocycles. The number of thiazole rings is 1. The van der Waals surface area contributed by atoms with Gasteiger partial charge in [0, 0.05) is 40.2 Å². The molecule has 1 amide bonds. The van der Waals surface area contributed by atoms with E-state index in [4.69, 9.17) is 0 Å². The number of carbonyl (C=O) groups is 1. The lowest BCUT2D eigenvalue weighted by molar-refractivity contribution is -0.112. The molecule has 0 aliphatic rings. The number of hydrogen-bond donors (Lipinski definition) is 1. The molecule has 0 saturated carbocycles. The summed E-state index contributed by atoms with van der Waals surface area (Å²) in [5.41, 5.74) is 3.79. The molecule has 0 aliphatic heterocycles. The van der Waals surface area contributed by atoms with Crippen LogP contribution < -0.4 is 5.32 Å². The van der Waals surface area contributed by atoms with Gasteiger partial charge in [0.05, 0.1) is 5.69 Å². The normalized spacial score (nSPS) is 11.4. The van der Waals surface area contributed by atoms with Crippen LogP contribution in [0.15, 0.2) is 71.7 Å². The molecule has 2 aromatic carbocycles. The van der Waals surface area contributed by atoms with E-state index in [0.29, 0.717) is 5.13 Å². The summed E-state index contributed by atoms with van der Waals surface area (Å²) in [5.74, 6) is -0.457. The summed E-state index contributed by atoms with van der Waals surface area (Å²) < 4.78 is 2.19. The van der Waals surface area contributed by atoms with Gasteiger partial charge in [-0.25, -0.2) is 4.98 Å². The average Bonchev–Trinajstić information content (AvgIpc) is 3.41. The van der Waals surface area contributed by atoms with Crippen molar-refractivity contribution in [1.29, 1.82) is 5.26 Å². The molecule has 154 valence electrons. The zero-order chi connectivity index (χ0) is 21.6. The van der Waals surface area contributed by atoms with Crippen LogP contribution in [0.25, 0.3) is 28.2 Å². The van der Waals surface area contributed by atoms with E-state index in [-0.39, 0.29) is 5.57 Å². The third-order valence-corrected chi connectivity index (χ3v) is 5.79. The maximum atomic E-state index is 12.8. The first-order valence-corrected chi connectivity index (χ1v) is 11.1. The Labute approximate surface area is 185 Å². The molecule has 6 heteroatoms. The molecular weight excluding hydrogens is 404 g/mol. The van der Waals surface area contributed by atoms with Crippen LogP contribution in [0.5, 0.6) is 0 Å². The molecular formula is C25H22N4OS. The molecule has 1 N–H and O–H groups in total.